The molecule has 2 aliphatic rings. The predicted octanol–water partition coefficient (Wildman–Crippen LogP) is 6.00. The molecule has 0 atom stereocenters. The van der Waals surface area contributed by atoms with E-state index in [2.05, 4.69) is 4.98 Å². The van der Waals surface area contributed by atoms with E-state index in [0.29, 0.717) is 28.6 Å². The van der Waals surface area contributed by atoms with E-state index in [1.54, 1.807) is 6.07 Å². The molecule has 3 aromatic rings. The topological polar surface area (TPSA) is 82.3 Å². The molecule has 0 spiro atoms. The number of hydrogen-bond acceptors (Lipinski definition) is 4. The number of aromatic nitrogens is 1. The number of carbonyl (C=O) groups is 2. The van der Waals surface area contributed by atoms with Crippen LogP contribution < -0.4 is 5.73 Å². The Morgan fingerprint density at radius 3 is 2.21 bits per heavy atom. The maximum absolute atomic E-state index is 14.2. The summed E-state index contributed by atoms with van der Waals surface area (Å²) in [5.74, 6) is 0.512. The van der Waals surface area contributed by atoms with Gasteiger partial charge < -0.3 is 10.5 Å². The van der Waals surface area contributed by atoms with Gasteiger partial charge in [-0.1, -0.05) is 36.4 Å². The van der Waals surface area contributed by atoms with Gasteiger partial charge in [-0.2, -0.15) is 0 Å². The average molecular weight is 447 g/mol. The van der Waals surface area contributed by atoms with E-state index in [9.17, 15) is 14.0 Å². The van der Waals surface area contributed by atoms with Crippen molar-refractivity contribution >= 4 is 22.6 Å². The van der Waals surface area contributed by atoms with Gasteiger partial charge in [-0.3, -0.25) is 4.79 Å². The molecule has 5 nitrogen and oxygen atoms in total. The molecule has 0 bridgehead atoms. The minimum Gasteiger partial charge on any atom is -0.443 e. The van der Waals surface area contributed by atoms with Crippen molar-refractivity contribution in [3.05, 3.63) is 76.9 Å². The summed E-state index contributed by atoms with van der Waals surface area (Å²) in [4.78, 5) is 29.0. The van der Waals surface area contributed by atoms with Gasteiger partial charge >= 0.3 is 6.09 Å². The van der Waals surface area contributed by atoms with Crippen LogP contribution in [0.2, 0.25) is 0 Å². The number of ketones is 1. The summed E-state index contributed by atoms with van der Waals surface area (Å²) in [7, 11) is 0. The lowest BCUT2D eigenvalue weighted by Gasteiger charge is -2.29. The van der Waals surface area contributed by atoms with Crippen LogP contribution in [0.1, 0.15) is 77.7 Å². The van der Waals surface area contributed by atoms with Crippen molar-refractivity contribution in [2.45, 2.75) is 57.0 Å². The lowest BCUT2D eigenvalue weighted by molar-refractivity contribution is 0.0877. The summed E-state index contributed by atoms with van der Waals surface area (Å²) in [5.41, 5.74) is 8.31. The third-order valence-corrected chi connectivity index (χ3v) is 7.04. The molecule has 1 aromatic heterocycles. The summed E-state index contributed by atoms with van der Waals surface area (Å²) >= 11 is 0. The predicted molar refractivity (Wildman–Crippen MR) is 124 cm³/mol. The van der Waals surface area contributed by atoms with E-state index in [1.165, 1.54) is 5.56 Å². The Morgan fingerprint density at radius 1 is 0.879 bits per heavy atom. The van der Waals surface area contributed by atoms with Crippen molar-refractivity contribution in [3.8, 4) is 0 Å². The van der Waals surface area contributed by atoms with Gasteiger partial charge in [0.1, 0.15) is 18.1 Å². The number of benzene rings is 2. The SMILES string of the molecule is NC(=O)OCc1ccc(C2CC2)c(C(=O)C2CCC(c3ccc(F)c4ccccc34)CC2)n1. The summed E-state index contributed by atoms with van der Waals surface area (Å²) in [5, 5.41) is 1.62. The zero-order valence-electron chi connectivity index (χ0n) is 18.4. The first-order valence-corrected chi connectivity index (χ1v) is 11.6. The fourth-order valence-electron chi connectivity index (χ4n) is 5.16. The van der Waals surface area contributed by atoms with Crippen LogP contribution in [0.4, 0.5) is 9.18 Å². The van der Waals surface area contributed by atoms with Crippen LogP contribution in [0.15, 0.2) is 48.5 Å². The van der Waals surface area contributed by atoms with Crippen LogP contribution in [0.3, 0.4) is 0 Å². The van der Waals surface area contributed by atoms with Gasteiger partial charge in [0.25, 0.3) is 0 Å². The Hall–Kier alpha value is -3.28. The minimum atomic E-state index is -0.859. The number of hydrogen-bond donors (Lipinski definition) is 1. The first kappa shape index (κ1) is 21.6. The van der Waals surface area contributed by atoms with E-state index in [1.807, 2.05) is 42.5 Å². The quantitative estimate of drug-likeness (QED) is 0.471. The highest BCUT2D eigenvalue weighted by atomic mass is 19.1. The van der Waals surface area contributed by atoms with Gasteiger partial charge in [-0.05, 0) is 79.0 Å². The fraction of sp³-hybridized carbons (Fsp3) is 0.370. The third-order valence-electron chi connectivity index (χ3n) is 7.04. The molecule has 0 saturated heterocycles. The molecule has 1 amide bonds. The Morgan fingerprint density at radius 2 is 1.52 bits per heavy atom. The summed E-state index contributed by atoms with van der Waals surface area (Å²) in [6.45, 7) is -0.0368. The number of nitrogens with zero attached hydrogens (tertiary/aromatic N) is 1. The third kappa shape index (κ3) is 4.47. The normalized spacial score (nSPS) is 20.5. The number of primary amides is 1. The first-order chi connectivity index (χ1) is 16.0. The van der Waals surface area contributed by atoms with Crippen LogP contribution in [-0.4, -0.2) is 16.9 Å². The van der Waals surface area contributed by atoms with Crippen molar-refractivity contribution in [1.82, 2.24) is 4.98 Å². The highest BCUT2D eigenvalue weighted by molar-refractivity contribution is 5.98. The number of nitrogens with two attached hydrogens (primary N) is 1. The van der Waals surface area contributed by atoms with Crippen LogP contribution in [0.25, 0.3) is 10.8 Å². The van der Waals surface area contributed by atoms with Crippen molar-refractivity contribution in [1.29, 1.82) is 0 Å². The molecular weight excluding hydrogens is 419 g/mol. The van der Waals surface area contributed by atoms with Crippen molar-refractivity contribution in [2.75, 3.05) is 0 Å². The highest BCUT2D eigenvalue weighted by Crippen LogP contribution is 2.44. The number of fused-ring (bicyclic) bond motifs is 1. The lowest BCUT2D eigenvalue weighted by Crippen LogP contribution is -2.24. The number of carbonyl (C=O) groups excluding carboxylic acids is 2. The second-order valence-electron chi connectivity index (χ2n) is 9.22. The molecule has 0 aliphatic heterocycles. The van der Waals surface area contributed by atoms with Crippen LogP contribution >= 0.6 is 0 Å². The molecule has 33 heavy (non-hydrogen) atoms. The summed E-state index contributed by atoms with van der Waals surface area (Å²) < 4.78 is 19.1. The summed E-state index contributed by atoms with van der Waals surface area (Å²) in [6, 6.07) is 14.8. The zero-order valence-corrected chi connectivity index (χ0v) is 18.4. The van der Waals surface area contributed by atoms with Crippen molar-refractivity contribution in [2.24, 2.45) is 11.7 Å². The largest absolute Gasteiger partial charge is 0.443 e. The molecule has 0 radical (unpaired) electrons. The van der Waals surface area contributed by atoms with E-state index in [4.69, 9.17) is 10.5 Å². The standard InChI is InChI=1S/C27H27FN2O3/c28-24-14-13-20(22-3-1-2-4-23(22)24)16-7-9-18(10-8-16)26(31)25-21(17-5-6-17)12-11-19(30-25)15-33-27(29)32/h1-4,11-14,16-18H,5-10,15H2,(H2,29,32). The second-order valence-corrected chi connectivity index (χ2v) is 9.22. The maximum Gasteiger partial charge on any atom is 0.404 e. The number of rotatable bonds is 6. The van der Waals surface area contributed by atoms with Gasteiger partial charge in [0.05, 0.1) is 5.69 Å². The van der Waals surface area contributed by atoms with Crippen molar-refractivity contribution < 1.29 is 18.7 Å². The van der Waals surface area contributed by atoms with Gasteiger partial charge in [-0.15, -0.1) is 0 Å². The zero-order chi connectivity index (χ0) is 22.9. The molecular formula is C27H27FN2O3. The first-order valence-electron chi connectivity index (χ1n) is 11.6. The van der Waals surface area contributed by atoms with E-state index in [0.717, 1.165) is 49.5 Å². The number of pyridine rings is 1. The maximum atomic E-state index is 14.2. The highest BCUT2D eigenvalue weighted by Gasteiger charge is 2.34. The molecule has 2 saturated carbocycles. The Balaban J connectivity index is 1.33. The number of Topliss-reactive ketones (excluding diaryl/α,β-unsaturated/α-hetero) is 1. The second kappa shape index (κ2) is 8.93. The Kier molecular flexibility index (Phi) is 5.83. The molecule has 5 rings (SSSR count). The van der Waals surface area contributed by atoms with E-state index in [-0.39, 0.29) is 24.1 Å². The molecule has 0 unspecified atom stereocenters. The van der Waals surface area contributed by atoms with E-state index < -0.39 is 6.09 Å². The van der Waals surface area contributed by atoms with Crippen LogP contribution in [0.5, 0.6) is 0 Å². The number of halogens is 1. The summed E-state index contributed by atoms with van der Waals surface area (Å²) in [6.07, 6.45) is 4.62. The van der Waals surface area contributed by atoms with Crippen LogP contribution in [0, 0.1) is 11.7 Å². The van der Waals surface area contributed by atoms with Crippen LogP contribution in [-0.2, 0) is 11.3 Å². The fourth-order valence-corrected chi connectivity index (χ4v) is 5.16. The van der Waals surface area contributed by atoms with Gasteiger partial charge in [0, 0.05) is 11.3 Å². The van der Waals surface area contributed by atoms with Gasteiger partial charge in [-0.25, -0.2) is 14.2 Å². The number of amides is 1. The Labute approximate surface area is 192 Å². The molecule has 2 fully saturated rings. The smallest absolute Gasteiger partial charge is 0.404 e. The Bertz CT molecular complexity index is 1210. The molecule has 2 aliphatic carbocycles. The molecule has 170 valence electrons. The number of ether oxygens (including phenoxy) is 1. The average Bonchev–Trinajstić information content (AvgIpc) is 3.68. The van der Waals surface area contributed by atoms with Gasteiger partial charge in [0.15, 0.2) is 5.78 Å². The van der Waals surface area contributed by atoms with Gasteiger partial charge in [0.2, 0.25) is 0 Å². The molecule has 1 heterocycles. The molecule has 2 aromatic carbocycles. The van der Waals surface area contributed by atoms with Crippen molar-refractivity contribution in [3.63, 3.8) is 0 Å². The van der Waals surface area contributed by atoms with E-state index >= 15 is 0 Å². The molecule has 6 heteroatoms. The monoisotopic (exact) mass is 446 g/mol. The minimum absolute atomic E-state index is 0.0368. The molecule has 2 N–H and O–H groups in total. The lowest BCUT2D eigenvalue weighted by atomic mass is 9.75.